The van der Waals surface area contributed by atoms with Crippen LogP contribution < -0.4 is 20.9 Å². The topological polar surface area (TPSA) is 92.4 Å². The molecule has 0 fully saturated rings. The van der Waals surface area contributed by atoms with Gasteiger partial charge in [0.05, 0.1) is 12.2 Å². The fraction of sp³-hybridized carbons (Fsp3) is 0.350. The average molecular weight is 424 g/mol. The molecule has 0 spiro atoms. The van der Waals surface area contributed by atoms with Gasteiger partial charge in [0.1, 0.15) is 18.2 Å². The molecule has 1 heterocycles. The van der Waals surface area contributed by atoms with E-state index in [9.17, 15) is 22.8 Å². The van der Waals surface area contributed by atoms with Crippen LogP contribution in [0, 0.1) is 19.7 Å². The molecular weight excluding hydrogens is 401 g/mol. The number of aromatic nitrogens is 1. The normalized spacial score (nSPS) is 10.6. The number of urea groups is 1. The van der Waals surface area contributed by atoms with E-state index in [2.05, 4.69) is 21.2 Å². The number of carbonyl (C=O) groups excluding carboxylic acids is 2. The number of carbonyl (C=O) groups is 2. The first-order valence-corrected chi connectivity index (χ1v) is 9.21. The molecule has 0 unspecified atom stereocenters. The van der Waals surface area contributed by atoms with Gasteiger partial charge < -0.3 is 10.1 Å². The molecule has 0 saturated carbocycles. The van der Waals surface area contributed by atoms with Crippen LogP contribution in [-0.4, -0.2) is 30.0 Å². The van der Waals surface area contributed by atoms with Gasteiger partial charge in [-0.15, -0.1) is 0 Å². The van der Waals surface area contributed by atoms with Crippen LogP contribution in [0.3, 0.4) is 0 Å². The van der Waals surface area contributed by atoms with E-state index in [0.29, 0.717) is 16.7 Å². The van der Waals surface area contributed by atoms with E-state index in [1.54, 1.807) is 26.0 Å². The van der Waals surface area contributed by atoms with Crippen LogP contribution >= 0.6 is 0 Å². The summed E-state index contributed by atoms with van der Waals surface area (Å²) in [6.45, 7) is 4.16. The van der Waals surface area contributed by atoms with Crippen molar-refractivity contribution in [1.29, 1.82) is 0 Å². The number of nitrogens with one attached hydrogen (secondary N) is 3. The van der Waals surface area contributed by atoms with E-state index in [-0.39, 0.29) is 30.3 Å². The van der Waals surface area contributed by atoms with Crippen molar-refractivity contribution in [2.45, 2.75) is 40.2 Å². The van der Waals surface area contributed by atoms with Crippen LogP contribution in [0.15, 0.2) is 24.4 Å². The number of rotatable bonds is 7. The minimum atomic E-state index is -2.64. The fourth-order valence-corrected chi connectivity index (χ4v) is 2.67. The van der Waals surface area contributed by atoms with E-state index >= 15 is 0 Å². The maximum Gasteiger partial charge on any atom is 0.333 e. The highest BCUT2D eigenvalue weighted by atomic mass is 19.3. The summed E-state index contributed by atoms with van der Waals surface area (Å²) in [5.41, 5.74) is 6.55. The predicted molar refractivity (Wildman–Crippen MR) is 104 cm³/mol. The summed E-state index contributed by atoms with van der Waals surface area (Å²) in [4.78, 5) is 26.7. The minimum absolute atomic E-state index is 0.0323. The second-order valence-corrected chi connectivity index (χ2v) is 6.52. The maximum atomic E-state index is 14.5. The van der Waals surface area contributed by atoms with Gasteiger partial charge in [0.2, 0.25) is 5.91 Å². The lowest BCUT2D eigenvalue weighted by Crippen LogP contribution is -2.46. The third kappa shape index (κ3) is 6.36. The van der Waals surface area contributed by atoms with Crippen molar-refractivity contribution in [2.24, 2.45) is 0 Å². The highest BCUT2D eigenvalue weighted by molar-refractivity contribution is 5.80. The Morgan fingerprint density at radius 2 is 1.90 bits per heavy atom. The second-order valence-electron chi connectivity index (χ2n) is 6.52. The summed E-state index contributed by atoms with van der Waals surface area (Å²) in [5, 5.41) is 2.37. The number of pyridine rings is 1. The first-order chi connectivity index (χ1) is 14.2. The van der Waals surface area contributed by atoms with Crippen LogP contribution in [-0.2, 0) is 11.3 Å². The number of benzene rings is 1. The summed E-state index contributed by atoms with van der Waals surface area (Å²) in [6.07, 6.45) is -1.07. The number of nitrogens with zero attached hydrogens (tertiary/aromatic N) is 1. The van der Waals surface area contributed by atoms with Crippen molar-refractivity contribution >= 4 is 11.9 Å². The van der Waals surface area contributed by atoms with Gasteiger partial charge in [0, 0.05) is 23.7 Å². The number of hydrogen-bond donors (Lipinski definition) is 3. The number of alkyl halides is 2. The van der Waals surface area contributed by atoms with E-state index in [0.717, 1.165) is 5.56 Å². The third-order valence-corrected chi connectivity index (χ3v) is 4.05. The fourth-order valence-electron chi connectivity index (χ4n) is 2.67. The van der Waals surface area contributed by atoms with Crippen LogP contribution in [0.25, 0.3) is 11.1 Å². The molecule has 30 heavy (non-hydrogen) atoms. The van der Waals surface area contributed by atoms with Gasteiger partial charge in [0.25, 0.3) is 6.43 Å². The van der Waals surface area contributed by atoms with Crippen LogP contribution in [0.4, 0.5) is 18.0 Å². The van der Waals surface area contributed by atoms with Crippen LogP contribution in [0.5, 0.6) is 5.75 Å². The van der Waals surface area contributed by atoms with Gasteiger partial charge in [-0.1, -0.05) is 13.0 Å². The van der Waals surface area contributed by atoms with Gasteiger partial charge >= 0.3 is 6.03 Å². The number of hydrogen-bond acceptors (Lipinski definition) is 4. The molecule has 2 rings (SSSR count). The number of aryl methyl sites for hydroxylation is 2. The molecule has 3 amide bonds. The average Bonchev–Trinajstić information content (AvgIpc) is 2.69. The van der Waals surface area contributed by atoms with Gasteiger partial charge in [-0.2, -0.15) is 0 Å². The first kappa shape index (κ1) is 23.0. The number of halogens is 3. The Kier molecular flexibility index (Phi) is 8.02. The smallest absolute Gasteiger partial charge is 0.333 e. The van der Waals surface area contributed by atoms with Gasteiger partial charge in [-0.25, -0.2) is 23.4 Å². The van der Waals surface area contributed by atoms with Crippen molar-refractivity contribution in [2.75, 3.05) is 6.61 Å². The van der Waals surface area contributed by atoms with Crippen molar-refractivity contribution in [3.63, 3.8) is 0 Å². The molecule has 7 nitrogen and oxygen atoms in total. The molecule has 0 aliphatic rings. The lowest BCUT2D eigenvalue weighted by Gasteiger charge is -2.16. The molecule has 2 aromatic rings. The van der Waals surface area contributed by atoms with E-state index < -0.39 is 24.9 Å². The first-order valence-electron chi connectivity index (χ1n) is 9.21. The minimum Gasteiger partial charge on any atom is -0.487 e. The van der Waals surface area contributed by atoms with Crippen LogP contribution in [0.2, 0.25) is 0 Å². The SMILES string of the molecule is CCC(=O)NNC(=O)NCc1ncc(-c2cc(C)cc(C)c2OCC(F)F)cc1F. The molecule has 3 N–H and O–H groups in total. The standard InChI is InChI=1S/C20H23F3N4O3/c1-4-18(28)26-27-20(29)25-9-16-15(21)7-13(8-24-16)14-6-11(2)5-12(3)19(14)30-10-17(22)23/h5-8,17H,4,9-10H2,1-3H3,(H,26,28)(H2,25,27,29). The molecule has 0 bridgehead atoms. The highest BCUT2D eigenvalue weighted by Gasteiger charge is 2.16. The molecule has 1 aromatic carbocycles. The van der Waals surface area contributed by atoms with Gasteiger partial charge in [-0.05, 0) is 37.1 Å². The Balaban J connectivity index is 2.17. The molecule has 0 aliphatic heterocycles. The third-order valence-electron chi connectivity index (χ3n) is 4.05. The van der Waals surface area contributed by atoms with Crippen molar-refractivity contribution in [3.05, 3.63) is 47.0 Å². The molecule has 162 valence electrons. The number of ether oxygens (including phenoxy) is 1. The van der Waals surface area contributed by atoms with E-state index in [1.165, 1.54) is 12.3 Å². The quantitative estimate of drug-likeness (QED) is 0.594. The van der Waals surface area contributed by atoms with Gasteiger partial charge in [-0.3, -0.25) is 15.2 Å². The largest absolute Gasteiger partial charge is 0.487 e. The molecule has 0 saturated heterocycles. The monoisotopic (exact) mass is 424 g/mol. The molecule has 1 aromatic heterocycles. The summed E-state index contributed by atoms with van der Waals surface area (Å²) in [5.74, 6) is -0.833. The molecule has 0 radical (unpaired) electrons. The van der Waals surface area contributed by atoms with Crippen molar-refractivity contribution in [1.82, 2.24) is 21.2 Å². The zero-order chi connectivity index (χ0) is 22.3. The Labute approximate surface area is 172 Å². The zero-order valence-corrected chi connectivity index (χ0v) is 16.8. The molecule has 0 aliphatic carbocycles. The maximum absolute atomic E-state index is 14.5. The lowest BCUT2D eigenvalue weighted by atomic mass is 10.00. The summed E-state index contributed by atoms with van der Waals surface area (Å²) in [6, 6.07) is 3.96. The predicted octanol–water partition coefficient (Wildman–Crippen LogP) is 3.39. The molecular formula is C20H23F3N4O3. The molecule has 0 atom stereocenters. The van der Waals surface area contributed by atoms with Crippen molar-refractivity contribution < 1.29 is 27.5 Å². The number of amides is 3. The van der Waals surface area contributed by atoms with Crippen molar-refractivity contribution in [3.8, 4) is 16.9 Å². The summed E-state index contributed by atoms with van der Waals surface area (Å²) >= 11 is 0. The summed E-state index contributed by atoms with van der Waals surface area (Å²) < 4.78 is 45.0. The number of hydrazine groups is 1. The van der Waals surface area contributed by atoms with E-state index in [4.69, 9.17) is 4.74 Å². The zero-order valence-electron chi connectivity index (χ0n) is 16.8. The van der Waals surface area contributed by atoms with Crippen LogP contribution in [0.1, 0.15) is 30.2 Å². The Morgan fingerprint density at radius 1 is 1.17 bits per heavy atom. The lowest BCUT2D eigenvalue weighted by molar-refractivity contribution is -0.121. The summed E-state index contributed by atoms with van der Waals surface area (Å²) in [7, 11) is 0. The Morgan fingerprint density at radius 3 is 2.53 bits per heavy atom. The highest BCUT2D eigenvalue weighted by Crippen LogP contribution is 2.34. The second kappa shape index (κ2) is 10.5. The molecule has 10 heteroatoms. The Bertz CT molecular complexity index is 922. The Hall–Kier alpha value is -3.30. The van der Waals surface area contributed by atoms with Gasteiger partial charge in [0.15, 0.2) is 0 Å². The van der Waals surface area contributed by atoms with E-state index in [1.807, 2.05) is 6.92 Å².